The first kappa shape index (κ1) is 14.6. The van der Waals surface area contributed by atoms with Crippen LogP contribution in [0.15, 0.2) is 47.3 Å². The first-order chi connectivity index (χ1) is 9.99. The maximum absolute atomic E-state index is 11.5. The number of hydrogen-bond donors (Lipinski definition) is 2. The molecule has 21 heavy (non-hydrogen) atoms. The molecule has 6 nitrogen and oxygen atoms in total. The van der Waals surface area contributed by atoms with Gasteiger partial charge in [-0.3, -0.25) is 0 Å². The van der Waals surface area contributed by atoms with E-state index in [1.165, 1.54) is 6.92 Å². The van der Waals surface area contributed by atoms with E-state index >= 15 is 0 Å². The summed E-state index contributed by atoms with van der Waals surface area (Å²) in [5, 5.41) is 18.7. The largest absolute Gasteiger partial charge is 0.478 e. The number of aryl methyl sites for hydroxylation is 1. The van der Waals surface area contributed by atoms with Crippen LogP contribution >= 0.6 is 0 Å². The van der Waals surface area contributed by atoms with Crippen LogP contribution < -0.4 is 10.3 Å². The zero-order valence-electron chi connectivity index (χ0n) is 11.8. The van der Waals surface area contributed by atoms with Crippen LogP contribution in [0.4, 0.5) is 0 Å². The number of ether oxygens (including phenoxy) is 1. The van der Waals surface area contributed by atoms with Gasteiger partial charge >= 0.3 is 5.97 Å². The highest BCUT2D eigenvalue weighted by molar-refractivity contribution is 5.90. The number of nitriles is 1. The summed E-state index contributed by atoms with van der Waals surface area (Å²) in [4.78, 5) is 11.5. The van der Waals surface area contributed by atoms with Crippen molar-refractivity contribution in [2.75, 3.05) is 0 Å². The number of hydrogen-bond acceptors (Lipinski definition) is 4. The first-order valence-corrected chi connectivity index (χ1v) is 6.50. The average Bonchev–Trinajstić information content (AvgIpc) is 2.46. The summed E-state index contributed by atoms with van der Waals surface area (Å²) in [5.74, 6) is -1.67. The van der Waals surface area contributed by atoms with Crippen LogP contribution in [0.25, 0.3) is 0 Å². The molecule has 1 aromatic rings. The molecule has 0 aromatic carbocycles. The third-order valence-electron chi connectivity index (χ3n) is 3.45. The Kier molecular flexibility index (Phi) is 3.94. The second-order valence-electron chi connectivity index (χ2n) is 4.66. The lowest BCUT2D eigenvalue weighted by atomic mass is 9.83. The Morgan fingerprint density at radius 3 is 2.62 bits per heavy atom. The third-order valence-corrected chi connectivity index (χ3v) is 3.45. The standard InChI is InChI=1S/C15H15N3O3/c1-3-18-6-4-10(5-7-18)13-11(8-16)14(17)21-9(2)12(13)15(19)20/h4-7,13H,3,17H2,1-2H3/p+1/t13-/m0/s1. The summed E-state index contributed by atoms with van der Waals surface area (Å²) in [6.07, 6.45) is 3.68. The summed E-state index contributed by atoms with van der Waals surface area (Å²) < 4.78 is 7.13. The number of carboxylic acids is 1. The van der Waals surface area contributed by atoms with E-state index in [1.54, 1.807) is 12.1 Å². The maximum atomic E-state index is 11.5. The number of carbonyl (C=O) groups is 1. The highest BCUT2D eigenvalue weighted by atomic mass is 16.5. The van der Waals surface area contributed by atoms with Gasteiger partial charge in [-0.05, 0) is 19.4 Å². The predicted molar refractivity (Wildman–Crippen MR) is 73.3 cm³/mol. The Bertz CT molecular complexity index is 681. The van der Waals surface area contributed by atoms with E-state index < -0.39 is 11.9 Å². The zero-order valence-corrected chi connectivity index (χ0v) is 11.8. The van der Waals surface area contributed by atoms with E-state index in [1.807, 2.05) is 30.0 Å². The molecule has 2 heterocycles. The maximum Gasteiger partial charge on any atom is 0.336 e. The SMILES string of the molecule is CC[n+]1ccc([C@H]2C(C#N)=C(N)OC(C)=C2C(=O)O)cc1. The van der Waals surface area contributed by atoms with Crippen molar-refractivity contribution in [1.29, 1.82) is 5.26 Å². The molecule has 0 aliphatic carbocycles. The van der Waals surface area contributed by atoms with Gasteiger partial charge in [-0.15, -0.1) is 0 Å². The Hall–Kier alpha value is -2.81. The molecule has 0 saturated carbocycles. The number of pyridine rings is 1. The Morgan fingerprint density at radius 1 is 1.52 bits per heavy atom. The van der Waals surface area contributed by atoms with Gasteiger partial charge in [-0.2, -0.15) is 5.26 Å². The Morgan fingerprint density at radius 2 is 2.14 bits per heavy atom. The van der Waals surface area contributed by atoms with Crippen LogP contribution in [0.3, 0.4) is 0 Å². The summed E-state index contributed by atoms with van der Waals surface area (Å²) in [7, 11) is 0. The van der Waals surface area contributed by atoms with Crippen molar-refractivity contribution in [2.45, 2.75) is 26.3 Å². The van der Waals surface area contributed by atoms with E-state index in [9.17, 15) is 15.2 Å². The lowest BCUT2D eigenvalue weighted by Crippen LogP contribution is -2.31. The van der Waals surface area contributed by atoms with Crippen molar-refractivity contribution in [1.82, 2.24) is 0 Å². The van der Waals surface area contributed by atoms with Crippen molar-refractivity contribution in [3.8, 4) is 6.07 Å². The molecule has 0 saturated heterocycles. The first-order valence-electron chi connectivity index (χ1n) is 6.50. The van der Waals surface area contributed by atoms with E-state index in [-0.39, 0.29) is 22.8 Å². The highest BCUT2D eigenvalue weighted by Crippen LogP contribution is 2.38. The number of carboxylic acid groups (broad SMARTS) is 1. The molecule has 1 atom stereocenters. The summed E-state index contributed by atoms with van der Waals surface area (Å²) in [6.45, 7) is 4.34. The molecule has 6 heteroatoms. The molecule has 1 aromatic heterocycles. The minimum atomic E-state index is -1.12. The quantitative estimate of drug-likeness (QED) is 0.812. The Labute approximate surface area is 122 Å². The smallest absolute Gasteiger partial charge is 0.336 e. The van der Waals surface area contributed by atoms with Gasteiger partial charge in [0.15, 0.2) is 12.4 Å². The van der Waals surface area contributed by atoms with Gasteiger partial charge in [0, 0.05) is 12.1 Å². The topological polar surface area (TPSA) is 100 Å². The van der Waals surface area contributed by atoms with E-state index in [0.717, 1.165) is 6.54 Å². The fraction of sp³-hybridized carbons (Fsp3) is 0.267. The van der Waals surface area contributed by atoms with Crippen LogP contribution in [0.2, 0.25) is 0 Å². The van der Waals surface area contributed by atoms with Gasteiger partial charge in [0.1, 0.15) is 23.9 Å². The molecule has 0 amide bonds. The van der Waals surface area contributed by atoms with Crippen LogP contribution in [-0.4, -0.2) is 11.1 Å². The van der Waals surface area contributed by atoms with Gasteiger partial charge in [-0.1, -0.05) is 0 Å². The highest BCUT2D eigenvalue weighted by Gasteiger charge is 2.35. The molecule has 108 valence electrons. The normalized spacial score (nSPS) is 18.2. The van der Waals surface area contributed by atoms with Crippen molar-refractivity contribution in [3.63, 3.8) is 0 Å². The number of allylic oxidation sites excluding steroid dienone is 2. The molecular weight excluding hydrogens is 270 g/mol. The van der Waals surface area contributed by atoms with Gasteiger partial charge in [0.25, 0.3) is 0 Å². The van der Waals surface area contributed by atoms with Crippen LogP contribution in [0.5, 0.6) is 0 Å². The Balaban J connectivity index is 2.59. The predicted octanol–water partition coefficient (Wildman–Crippen LogP) is 1.16. The molecule has 0 radical (unpaired) electrons. The zero-order chi connectivity index (χ0) is 15.6. The van der Waals surface area contributed by atoms with E-state index in [0.29, 0.717) is 5.56 Å². The molecule has 2 rings (SSSR count). The van der Waals surface area contributed by atoms with Crippen molar-refractivity contribution >= 4 is 5.97 Å². The molecule has 0 fully saturated rings. The lowest BCUT2D eigenvalue weighted by molar-refractivity contribution is -0.693. The average molecular weight is 286 g/mol. The lowest BCUT2D eigenvalue weighted by Gasteiger charge is -2.25. The number of rotatable bonds is 3. The minimum absolute atomic E-state index is 0.0370. The van der Waals surface area contributed by atoms with Crippen LogP contribution in [-0.2, 0) is 16.1 Å². The molecular formula is C15H16N3O3+. The van der Waals surface area contributed by atoms with Gasteiger partial charge in [-0.25, -0.2) is 9.36 Å². The number of nitrogens with zero attached hydrogens (tertiary/aromatic N) is 2. The monoisotopic (exact) mass is 286 g/mol. The molecule has 1 aliphatic heterocycles. The van der Waals surface area contributed by atoms with Crippen molar-refractivity contribution < 1.29 is 19.2 Å². The number of aromatic nitrogens is 1. The van der Waals surface area contributed by atoms with E-state index in [2.05, 4.69) is 0 Å². The van der Waals surface area contributed by atoms with E-state index in [4.69, 9.17) is 10.5 Å². The minimum Gasteiger partial charge on any atom is -0.478 e. The fourth-order valence-electron chi connectivity index (χ4n) is 2.36. The second-order valence-corrected chi connectivity index (χ2v) is 4.66. The molecule has 3 N–H and O–H groups in total. The summed E-state index contributed by atoms with van der Waals surface area (Å²) in [6, 6.07) is 5.55. The van der Waals surface area contributed by atoms with Gasteiger partial charge in [0.05, 0.1) is 11.5 Å². The molecule has 0 spiro atoms. The van der Waals surface area contributed by atoms with Crippen molar-refractivity contribution in [2.24, 2.45) is 5.73 Å². The van der Waals surface area contributed by atoms with Gasteiger partial charge in [0.2, 0.25) is 5.88 Å². The number of aliphatic carboxylic acids is 1. The third kappa shape index (κ3) is 2.58. The second kappa shape index (κ2) is 5.67. The van der Waals surface area contributed by atoms with Crippen LogP contribution in [0, 0.1) is 11.3 Å². The molecule has 0 unspecified atom stereocenters. The summed E-state index contributed by atoms with van der Waals surface area (Å²) >= 11 is 0. The number of nitrogens with two attached hydrogens (primary N) is 1. The van der Waals surface area contributed by atoms with Crippen molar-refractivity contribution in [3.05, 3.63) is 52.9 Å². The van der Waals surface area contributed by atoms with Gasteiger partial charge < -0.3 is 15.6 Å². The molecule has 0 bridgehead atoms. The summed E-state index contributed by atoms with van der Waals surface area (Å²) in [5.41, 5.74) is 6.58. The molecule has 1 aliphatic rings. The fourth-order valence-corrected chi connectivity index (χ4v) is 2.36. The van der Waals surface area contributed by atoms with Crippen LogP contribution in [0.1, 0.15) is 25.3 Å².